The molecule has 0 aromatic carbocycles. The maximum Gasteiger partial charge on any atom is 0.180 e. The lowest BCUT2D eigenvalue weighted by molar-refractivity contribution is 0.0448. The smallest absolute Gasteiger partial charge is 0.180 e. The molecule has 2 fully saturated rings. The maximum atomic E-state index is 6.57. The molecule has 2 aromatic heterocycles. The van der Waals surface area contributed by atoms with Crippen LogP contribution in [0.15, 0.2) is 30.5 Å². The Bertz CT molecular complexity index is 670. The average molecular weight is 297 g/mol. The molecule has 4 heteroatoms. The van der Waals surface area contributed by atoms with E-state index in [4.69, 9.17) is 4.74 Å². The van der Waals surface area contributed by atoms with Crippen molar-refractivity contribution in [3.8, 4) is 11.6 Å². The highest BCUT2D eigenvalue weighted by atomic mass is 16.5. The lowest BCUT2D eigenvalue weighted by atomic mass is 9.94. The summed E-state index contributed by atoms with van der Waals surface area (Å²) >= 11 is 0. The number of aromatic nitrogens is 2. The Morgan fingerprint density at radius 3 is 2.73 bits per heavy atom. The van der Waals surface area contributed by atoms with Crippen LogP contribution in [0.3, 0.4) is 0 Å². The molecule has 0 radical (unpaired) electrons. The Morgan fingerprint density at radius 1 is 1.09 bits per heavy atom. The molecule has 0 saturated carbocycles. The largest absolute Gasteiger partial charge is 0.482 e. The van der Waals surface area contributed by atoms with Gasteiger partial charge in [-0.05, 0) is 57.5 Å². The van der Waals surface area contributed by atoms with Crippen LogP contribution in [0.4, 0.5) is 0 Å². The van der Waals surface area contributed by atoms with Crippen LogP contribution in [0.5, 0.6) is 5.75 Å². The molecule has 2 aliphatic rings. The van der Waals surface area contributed by atoms with Crippen molar-refractivity contribution in [2.75, 3.05) is 19.6 Å². The number of fused-ring (bicyclic) bond motifs is 2. The molecule has 4 heterocycles. The van der Waals surface area contributed by atoms with Gasteiger partial charge in [0.15, 0.2) is 11.6 Å². The molecule has 4 rings (SSSR count). The van der Waals surface area contributed by atoms with Crippen molar-refractivity contribution in [1.82, 2.24) is 14.5 Å². The van der Waals surface area contributed by atoms with Crippen LogP contribution in [0, 0.1) is 13.8 Å². The Hall–Kier alpha value is -1.81. The van der Waals surface area contributed by atoms with Gasteiger partial charge in [0.25, 0.3) is 0 Å². The molecular weight excluding hydrogens is 274 g/mol. The van der Waals surface area contributed by atoms with Gasteiger partial charge in [-0.1, -0.05) is 0 Å². The molecule has 2 bridgehead atoms. The van der Waals surface area contributed by atoms with E-state index in [9.17, 15) is 0 Å². The van der Waals surface area contributed by atoms with E-state index in [1.54, 1.807) is 0 Å². The van der Waals surface area contributed by atoms with Crippen molar-refractivity contribution in [3.63, 3.8) is 0 Å². The van der Waals surface area contributed by atoms with E-state index in [0.29, 0.717) is 0 Å². The zero-order chi connectivity index (χ0) is 15.2. The molecule has 116 valence electrons. The topological polar surface area (TPSA) is 30.3 Å². The fourth-order valence-corrected chi connectivity index (χ4v) is 3.95. The first kappa shape index (κ1) is 13.8. The first-order valence-corrected chi connectivity index (χ1v) is 8.19. The Labute approximate surface area is 131 Å². The first-order valence-electron chi connectivity index (χ1n) is 8.19. The van der Waals surface area contributed by atoms with Crippen LogP contribution < -0.4 is 4.74 Å². The molecule has 2 aromatic rings. The summed E-state index contributed by atoms with van der Waals surface area (Å²) in [6.45, 7) is 7.67. The van der Waals surface area contributed by atoms with Crippen LogP contribution in [0.1, 0.15) is 30.7 Å². The van der Waals surface area contributed by atoms with Crippen molar-refractivity contribution in [2.45, 2.75) is 38.7 Å². The summed E-state index contributed by atoms with van der Waals surface area (Å²) in [4.78, 5) is 7.13. The lowest BCUT2D eigenvalue weighted by Gasteiger charge is -2.35. The van der Waals surface area contributed by atoms with Gasteiger partial charge in [-0.25, -0.2) is 4.98 Å². The minimum atomic E-state index is -0.00893. The first-order chi connectivity index (χ1) is 10.7. The SMILES string of the molecule is Cc1ccc(C)n1-c1ncccc1O[C@@]12CCCN(CC1)C2. The van der Waals surface area contributed by atoms with E-state index >= 15 is 0 Å². The number of aryl methyl sites for hydroxylation is 2. The molecule has 2 saturated heterocycles. The second-order valence-electron chi connectivity index (χ2n) is 6.69. The predicted molar refractivity (Wildman–Crippen MR) is 86.7 cm³/mol. The van der Waals surface area contributed by atoms with Gasteiger partial charge in [-0.2, -0.15) is 0 Å². The van der Waals surface area contributed by atoms with Gasteiger partial charge in [-0.15, -0.1) is 0 Å². The van der Waals surface area contributed by atoms with Crippen molar-refractivity contribution in [1.29, 1.82) is 0 Å². The van der Waals surface area contributed by atoms with Gasteiger partial charge in [0.2, 0.25) is 0 Å². The van der Waals surface area contributed by atoms with E-state index in [0.717, 1.165) is 37.5 Å². The van der Waals surface area contributed by atoms with Crippen molar-refractivity contribution in [3.05, 3.63) is 41.9 Å². The Kier molecular flexibility index (Phi) is 3.22. The fraction of sp³-hybridized carbons (Fsp3) is 0.500. The second-order valence-corrected chi connectivity index (χ2v) is 6.69. The van der Waals surface area contributed by atoms with E-state index in [-0.39, 0.29) is 5.60 Å². The average Bonchev–Trinajstić information content (AvgIpc) is 3.00. The van der Waals surface area contributed by atoms with Crippen molar-refractivity contribution < 1.29 is 4.74 Å². The number of rotatable bonds is 3. The normalized spacial score (nSPS) is 27.1. The van der Waals surface area contributed by atoms with Gasteiger partial charge in [0, 0.05) is 37.1 Å². The highest BCUT2D eigenvalue weighted by molar-refractivity contribution is 5.44. The van der Waals surface area contributed by atoms with Crippen LogP contribution in [0.25, 0.3) is 5.82 Å². The Balaban J connectivity index is 1.71. The zero-order valence-corrected chi connectivity index (χ0v) is 13.4. The number of ether oxygens (including phenoxy) is 1. The standard InChI is InChI=1S/C18H23N3O/c1-14-6-7-15(2)21(14)17-16(5-3-10-19-17)22-18-8-4-11-20(13-18)12-9-18/h3,5-7,10H,4,8-9,11-13H2,1-2H3/t18-/m0/s1. The summed E-state index contributed by atoms with van der Waals surface area (Å²) in [6.07, 6.45) is 5.37. The lowest BCUT2D eigenvalue weighted by Crippen LogP contribution is -2.43. The minimum Gasteiger partial charge on any atom is -0.482 e. The van der Waals surface area contributed by atoms with Crippen molar-refractivity contribution in [2.24, 2.45) is 0 Å². The monoisotopic (exact) mass is 297 g/mol. The van der Waals surface area contributed by atoms with E-state index in [1.165, 1.54) is 24.4 Å². The predicted octanol–water partition coefficient (Wildman–Crippen LogP) is 3.11. The molecule has 0 spiro atoms. The number of piperidine rings is 1. The summed E-state index contributed by atoms with van der Waals surface area (Å²) in [7, 11) is 0. The van der Waals surface area contributed by atoms with Gasteiger partial charge >= 0.3 is 0 Å². The molecule has 22 heavy (non-hydrogen) atoms. The molecule has 1 unspecified atom stereocenters. The van der Waals surface area contributed by atoms with Crippen LogP contribution >= 0.6 is 0 Å². The van der Waals surface area contributed by atoms with Crippen LogP contribution in [-0.2, 0) is 0 Å². The third-order valence-corrected chi connectivity index (χ3v) is 5.06. The van der Waals surface area contributed by atoms with Gasteiger partial charge in [-0.3, -0.25) is 4.90 Å². The van der Waals surface area contributed by atoms with Crippen LogP contribution in [0.2, 0.25) is 0 Å². The molecular formula is C18H23N3O. The summed E-state index contributed by atoms with van der Waals surface area (Å²) in [5.74, 6) is 1.83. The zero-order valence-electron chi connectivity index (χ0n) is 13.4. The summed E-state index contributed by atoms with van der Waals surface area (Å²) in [5, 5.41) is 0. The van der Waals surface area contributed by atoms with E-state index in [2.05, 4.69) is 46.5 Å². The maximum absolute atomic E-state index is 6.57. The minimum absolute atomic E-state index is 0.00893. The van der Waals surface area contributed by atoms with E-state index < -0.39 is 0 Å². The molecule has 4 nitrogen and oxygen atoms in total. The number of nitrogens with zero attached hydrogens (tertiary/aromatic N) is 3. The molecule has 0 N–H and O–H groups in total. The summed E-state index contributed by atoms with van der Waals surface area (Å²) in [5.41, 5.74) is 2.37. The van der Waals surface area contributed by atoms with Crippen molar-refractivity contribution >= 4 is 0 Å². The molecule has 0 aliphatic carbocycles. The Morgan fingerprint density at radius 2 is 1.91 bits per heavy atom. The molecule has 0 amide bonds. The molecule has 2 aliphatic heterocycles. The van der Waals surface area contributed by atoms with Crippen LogP contribution in [-0.4, -0.2) is 39.7 Å². The number of pyridine rings is 1. The third kappa shape index (κ3) is 2.22. The fourth-order valence-electron chi connectivity index (χ4n) is 3.95. The second kappa shape index (κ2) is 5.13. The summed E-state index contributed by atoms with van der Waals surface area (Å²) < 4.78 is 8.76. The summed E-state index contributed by atoms with van der Waals surface area (Å²) in [6, 6.07) is 8.29. The van der Waals surface area contributed by atoms with Gasteiger partial charge in [0.05, 0.1) is 0 Å². The van der Waals surface area contributed by atoms with Gasteiger partial charge in [0.1, 0.15) is 5.60 Å². The highest BCUT2D eigenvalue weighted by Crippen LogP contribution is 2.37. The number of hydrogen-bond donors (Lipinski definition) is 0. The highest BCUT2D eigenvalue weighted by Gasteiger charge is 2.43. The third-order valence-electron chi connectivity index (χ3n) is 5.06. The van der Waals surface area contributed by atoms with Gasteiger partial charge < -0.3 is 9.30 Å². The quantitative estimate of drug-likeness (QED) is 0.872. The number of hydrogen-bond acceptors (Lipinski definition) is 3. The van der Waals surface area contributed by atoms with E-state index in [1.807, 2.05) is 12.3 Å². The molecule has 2 atom stereocenters.